The Morgan fingerprint density at radius 3 is 2.57 bits per heavy atom. The van der Waals surface area contributed by atoms with Gasteiger partial charge in [-0.3, -0.25) is 10.4 Å². The van der Waals surface area contributed by atoms with Crippen molar-refractivity contribution in [1.29, 1.82) is 0 Å². The molecule has 0 aromatic rings. The third kappa shape index (κ3) is 5.73. The lowest BCUT2D eigenvalue weighted by Crippen LogP contribution is -2.44. The van der Waals surface area contributed by atoms with Gasteiger partial charge in [0.1, 0.15) is 0 Å². The molecule has 0 amide bonds. The van der Waals surface area contributed by atoms with E-state index in [1.807, 2.05) is 0 Å². The molecule has 0 radical (unpaired) electrons. The average molecular weight is 223 g/mol. The smallest absolute Gasteiger partial charge is 0.213 e. The largest absolute Gasteiger partial charge is 0.354 e. The molecular formula is C6H17N5O2S. The van der Waals surface area contributed by atoms with Gasteiger partial charge >= 0.3 is 0 Å². The third-order valence-corrected chi connectivity index (χ3v) is 2.86. The SMILES string of the molecule is CCNS(=O)(=O)CCNC(=NC)NN. The van der Waals surface area contributed by atoms with Crippen LogP contribution in [0.4, 0.5) is 0 Å². The summed E-state index contributed by atoms with van der Waals surface area (Å²) in [5, 5.41) is 2.73. The summed E-state index contributed by atoms with van der Waals surface area (Å²) in [7, 11) is -1.64. The van der Waals surface area contributed by atoms with Gasteiger partial charge in [-0.2, -0.15) is 0 Å². The Morgan fingerprint density at radius 2 is 2.14 bits per heavy atom. The predicted molar refractivity (Wildman–Crippen MR) is 56.1 cm³/mol. The van der Waals surface area contributed by atoms with E-state index in [-0.39, 0.29) is 12.3 Å². The van der Waals surface area contributed by atoms with Crippen molar-refractivity contribution in [1.82, 2.24) is 15.5 Å². The zero-order chi connectivity index (χ0) is 11.0. The van der Waals surface area contributed by atoms with Crippen LogP contribution in [0.5, 0.6) is 0 Å². The van der Waals surface area contributed by atoms with Crippen LogP contribution in [0.1, 0.15) is 6.92 Å². The van der Waals surface area contributed by atoms with Gasteiger partial charge in [0.05, 0.1) is 5.75 Å². The highest BCUT2D eigenvalue weighted by atomic mass is 32.2. The fourth-order valence-corrected chi connectivity index (χ4v) is 1.75. The van der Waals surface area contributed by atoms with E-state index < -0.39 is 10.0 Å². The average Bonchev–Trinajstić information content (AvgIpc) is 2.12. The molecule has 0 unspecified atom stereocenters. The van der Waals surface area contributed by atoms with Gasteiger partial charge in [-0.1, -0.05) is 6.92 Å². The molecule has 0 heterocycles. The lowest BCUT2D eigenvalue weighted by atomic mass is 10.7. The van der Waals surface area contributed by atoms with Gasteiger partial charge < -0.3 is 5.32 Å². The van der Waals surface area contributed by atoms with Crippen LogP contribution in [0.25, 0.3) is 0 Å². The lowest BCUT2D eigenvalue weighted by molar-refractivity contribution is 0.582. The van der Waals surface area contributed by atoms with Gasteiger partial charge in [0.25, 0.3) is 0 Å². The van der Waals surface area contributed by atoms with E-state index in [1.165, 1.54) is 0 Å². The number of hydrogen-bond acceptors (Lipinski definition) is 4. The summed E-state index contributed by atoms with van der Waals surface area (Å²) in [6.07, 6.45) is 0. The highest BCUT2D eigenvalue weighted by molar-refractivity contribution is 7.89. The summed E-state index contributed by atoms with van der Waals surface area (Å²) in [4.78, 5) is 3.73. The fourth-order valence-electron chi connectivity index (χ4n) is 0.791. The number of hydrazine groups is 1. The quantitative estimate of drug-likeness (QED) is 0.186. The first-order valence-electron chi connectivity index (χ1n) is 4.20. The molecule has 0 spiro atoms. The predicted octanol–water partition coefficient (Wildman–Crippen LogP) is -2.04. The summed E-state index contributed by atoms with van der Waals surface area (Å²) in [6, 6.07) is 0. The second kappa shape index (κ2) is 6.57. The van der Waals surface area contributed by atoms with E-state index in [4.69, 9.17) is 5.84 Å². The highest BCUT2D eigenvalue weighted by Crippen LogP contribution is 1.81. The van der Waals surface area contributed by atoms with Gasteiger partial charge in [-0.15, -0.1) is 0 Å². The molecule has 0 aliphatic rings. The van der Waals surface area contributed by atoms with Crippen LogP contribution < -0.4 is 21.3 Å². The molecule has 0 rings (SSSR count). The molecule has 84 valence electrons. The minimum Gasteiger partial charge on any atom is -0.354 e. The van der Waals surface area contributed by atoms with Crippen molar-refractivity contribution in [3.05, 3.63) is 0 Å². The van der Waals surface area contributed by atoms with Crippen LogP contribution in [0.2, 0.25) is 0 Å². The van der Waals surface area contributed by atoms with Crippen LogP contribution in [0.3, 0.4) is 0 Å². The summed E-state index contributed by atoms with van der Waals surface area (Å²) in [5.74, 6) is 5.43. The second-order valence-electron chi connectivity index (χ2n) is 2.46. The molecule has 0 atom stereocenters. The Balaban J connectivity index is 3.85. The van der Waals surface area contributed by atoms with E-state index >= 15 is 0 Å². The maximum absolute atomic E-state index is 11.1. The molecule has 0 saturated heterocycles. The van der Waals surface area contributed by atoms with Crippen LogP contribution in [-0.2, 0) is 10.0 Å². The number of nitrogens with zero attached hydrogens (tertiary/aromatic N) is 1. The summed E-state index contributed by atoms with van der Waals surface area (Å²) in [6.45, 7) is 2.38. The highest BCUT2D eigenvalue weighted by Gasteiger charge is 2.07. The van der Waals surface area contributed by atoms with E-state index in [0.717, 1.165) is 0 Å². The molecule has 0 saturated carbocycles. The van der Waals surface area contributed by atoms with Crippen molar-refractivity contribution in [3.8, 4) is 0 Å². The van der Waals surface area contributed by atoms with Crippen LogP contribution in [-0.4, -0.2) is 40.3 Å². The molecule has 0 aliphatic heterocycles. The maximum atomic E-state index is 11.1. The Bertz CT molecular complexity index is 274. The zero-order valence-electron chi connectivity index (χ0n) is 8.37. The number of nitrogens with one attached hydrogen (secondary N) is 3. The standard InChI is InChI=1S/C6H17N5O2S/c1-3-10-14(12,13)5-4-9-6(8-2)11-7/h10H,3-5,7H2,1-2H3,(H2,8,9,11). The van der Waals surface area contributed by atoms with Crippen molar-refractivity contribution >= 4 is 16.0 Å². The van der Waals surface area contributed by atoms with E-state index in [2.05, 4.69) is 20.5 Å². The molecule has 0 bridgehead atoms. The van der Waals surface area contributed by atoms with Crippen molar-refractivity contribution in [2.45, 2.75) is 6.92 Å². The first kappa shape index (κ1) is 13.1. The van der Waals surface area contributed by atoms with Crippen molar-refractivity contribution in [3.63, 3.8) is 0 Å². The molecule has 5 N–H and O–H groups in total. The number of guanidine groups is 1. The number of aliphatic imine (C=N–C) groups is 1. The van der Waals surface area contributed by atoms with Gasteiger partial charge in [0.15, 0.2) is 0 Å². The fraction of sp³-hybridized carbons (Fsp3) is 0.833. The Kier molecular flexibility index (Phi) is 6.17. The van der Waals surface area contributed by atoms with E-state index in [1.54, 1.807) is 14.0 Å². The van der Waals surface area contributed by atoms with Gasteiger partial charge in [0.2, 0.25) is 16.0 Å². The van der Waals surface area contributed by atoms with Gasteiger partial charge in [-0.05, 0) is 0 Å². The van der Waals surface area contributed by atoms with Gasteiger partial charge in [-0.25, -0.2) is 19.0 Å². The van der Waals surface area contributed by atoms with Crippen LogP contribution in [0, 0.1) is 0 Å². The molecule has 0 fully saturated rings. The summed E-state index contributed by atoms with van der Waals surface area (Å²) >= 11 is 0. The number of rotatable bonds is 5. The molecular weight excluding hydrogens is 206 g/mol. The minimum absolute atomic E-state index is 0.0124. The number of sulfonamides is 1. The Labute approximate surface area is 84.2 Å². The molecule has 0 aromatic heterocycles. The van der Waals surface area contributed by atoms with Gasteiger partial charge in [0, 0.05) is 20.1 Å². The zero-order valence-corrected chi connectivity index (χ0v) is 9.19. The Morgan fingerprint density at radius 1 is 1.50 bits per heavy atom. The lowest BCUT2D eigenvalue weighted by Gasteiger charge is -2.08. The minimum atomic E-state index is -3.18. The Hall–Kier alpha value is -0.860. The van der Waals surface area contributed by atoms with Crippen molar-refractivity contribution in [2.75, 3.05) is 25.9 Å². The maximum Gasteiger partial charge on any atom is 0.213 e. The van der Waals surface area contributed by atoms with E-state index in [0.29, 0.717) is 12.5 Å². The monoisotopic (exact) mass is 223 g/mol. The second-order valence-corrected chi connectivity index (χ2v) is 4.39. The first-order valence-corrected chi connectivity index (χ1v) is 5.85. The molecule has 0 aliphatic carbocycles. The first-order chi connectivity index (χ1) is 6.55. The normalized spacial score (nSPS) is 12.6. The molecule has 0 aromatic carbocycles. The summed E-state index contributed by atoms with van der Waals surface area (Å²) in [5.41, 5.74) is 2.29. The van der Waals surface area contributed by atoms with E-state index in [9.17, 15) is 8.42 Å². The third-order valence-electron chi connectivity index (χ3n) is 1.39. The van der Waals surface area contributed by atoms with Crippen molar-refractivity contribution in [2.24, 2.45) is 10.8 Å². The molecule has 8 heteroatoms. The van der Waals surface area contributed by atoms with Crippen molar-refractivity contribution < 1.29 is 8.42 Å². The molecule has 7 nitrogen and oxygen atoms in total. The molecule has 14 heavy (non-hydrogen) atoms. The number of hydrogen-bond donors (Lipinski definition) is 4. The summed E-state index contributed by atoms with van der Waals surface area (Å²) < 4.78 is 24.7. The van der Waals surface area contributed by atoms with Crippen LogP contribution >= 0.6 is 0 Å². The number of nitrogens with two attached hydrogens (primary N) is 1. The topological polar surface area (TPSA) is 109 Å². The van der Waals surface area contributed by atoms with Crippen LogP contribution in [0.15, 0.2) is 4.99 Å².